The van der Waals surface area contributed by atoms with Gasteiger partial charge in [-0.05, 0) is 39.2 Å². The van der Waals surface area contributed by atoms with Gasteiger partial charge < -0.3 is 10.1 Å². The number of hydrogen-bond acceptors (Lipinski definition) is 4. The third-order valence-electron chi connectivity index (χ3n) is 3.14. The van der Waals surface area contributed by atoms with Crippen molar-refractivity contribution in [2.75, 3.05) is 19.8 Å². The van der Waals surface area contributed by atoms with Crippen LogP contribution in [0.25, 0.3) is 0 Å². The van der Waals surface area contributed by atoms with Gasteiger partial charge in [-0.2, -0.15) is 0 Å². The Bertz CT molecular complexity index is 305. The summed E-state index contributed by atoms with van der Waals surface area (Å²) < 4.78 is 5.37. The van der Waals surface area contributed by atoms with Crippen molar-refractivity contribution in [3.63, 3.8) is 0 Å². The number of ether oxygens (including phenoxy) is 1. The highest BCUT2D eigenvalue weighted by molar-refractivity contribution is 7.09. The fourth-order valence-electron chi connectivity index (χ4n) is 1.96. The Hall–Kier alpha value is -0.450. The molecule has 2 heterocycles. The molecule has 0 amide bonds. The molecule has 0 radical (unpaired) electrons. The molecule has 0 saturated carbocycles. The standard InChI is InChI=1S/C12H20N2OS/c1-12(2,11-13-5-8-16-11)14-9-10-3-6-15-7-4-10/h5,8,10,14H,3-4,6-7,9H2,1-2H3. The average Bonchev–Trinajstić information content (AvgIpc) is 2.82. The van der Waals surface area contributed by atoms with Gasteiger partial charge in [0.25, 0.3) is 0 Å². The number of nitrogens with zero attached hydrogens (tertiary/aromatic N) is 1. The molecule has 1 N–H and O–H groups in total. The topological polar surface area (TPSA) is 34.1 Å². The van der Waals surface area contributed by atoms with Gasteiger partial charge in [-0.1, -0.05) is 0 Å². The number of hydrogen-bond donors (Lipinski definition) is 1. The summed E-state index contributed by atoms with van der Waals surface area (Å²) in [5, 5.41) is 6.82. The van der Waals surface area contributed by atoms with Crippen LogP contribution in [0.1, 0.15) is 31.7 Å². The Labute approximate surface area is 101 Å². The minimum Gasteiger partial charge on any atom is -0.381 e. The molecule has 4 heteroatoms. The zero-order valence-electron chi connectivity index (χ0n) is 10.0. The molecule has 0 aromatic carbocycles. The van der Waals surface area contributed by atoms with Gasteiger partial charge in [0.05, 0.1) is 5.54 Å². The molecule has 1 saturated heterocycles. The van der Waals surface area contributed by atoms with Crippen molar-refractivity contribution < 1.29 is 4.74 Å². The summed E-state index contributed by atoms with van der Waals surface area (Å²) >= 11 is 1.72. The number of aromatic nitrogens is 1. The largest absolute Gasteiger partial charge is 0.381 e. The van der Waals surface area contributed by atoms with E-state index in [9.17, 15) is 0 Å². The predicted molar refractivity (Wildman–Crippen MR) is 66.7 cm³/mol. The van der Waals surface area contributed by atoms with Gasteiger partial charge >= 0.3 is 0 Å². The lowest BCUT2D eigenvalue weighted by Gasteiger charge is -2.29. The summed E-state index contributed by atoms with van der Waals surface area (Å²) in [6.45, 7) is 7.31. The summed E-state index contributed by atoms with van der Waals surface area (Å²) in [5.41, 5.74) is -0.00747. The molecule has 0 spiro atoms. The zero-order chi connectivity index (χ0) is 11.4. The summed E-state index contributed by atoms with van der Waals surface area (Å²) in [6.07, 6.45) is 4.24. The maximum absolute atomic E-state index is 5.37. The first kappa shape index (κ1) is 12.0. The van der Waals surface area contributed by atoms with E-state index in [4.69, 9.17) is 4.74 Å². The molecule has 16 heavy (non-hydrogen) atoms. The molecule has 0 unspecified atom stereocenters. The summed E-state index contributed by atoms with van der Waals surface area (Å²) in [4.78, 5) is 4.38. The van der Waals surface area contributed by atoms with E-state index in [-0.39, 0.29) is 5.54 Å². The molecular weight excluding hydrogens is 220 g/mol. The molecule has 1 fully saturated rings. The van der Waals surface area contributed by atoms with Crippen molar-refractivity contribution in [3.8, 4) is 0 Å². The van der Waals surface area contributed by atoms with E-state index >= 15 is 0 Å². The summed E-state index contributed by atoms with van der Waals surface area (Å²) in [5.74, 6) is 0.757. The quantitative estimate of drug-likeness (QED) is 0.877. The van der Waals surface area contributed by atoms with E-state index in [1.165, 1.54) is 17.8 Å². The van der Waals surface area contributed by atoms with Crippen molar-refractivity contribution >= 4 is 11.3 Å². The van der Waals surface area contributed by atoms with Crippen molar-refractivity contribution in [3.05, 3.63) is 16.6 Å². The van der Waals surface area contributed by atoms with E-state index in [0.717, 1.165) is 25.7 Å². The van der Waals surface area contributed by atoms with E-state index in [1.807, 2.05) is 11.6 Å². The second kappa shape index (κ2) is 5.25. The van der Waals surface area contributed by atoms with Crippen molar-refractivity contribution in [2.45, 2.75) is 32.2 Å². The Morgan fingerprint density at radius 1 is 1.50 bits per heavy atom. The van der Waals surface area contributed by atoms with Crippen LogP contribution in [0.5, 0.6) is 0 Å². The van der Waals surface area contributed by atoms with Gasteiger partial charge in [-0.25, -0.2) is 4.98 Å². The number of nitrogens with one attached hydrogen (secondary N) is 1. The fraction of sp³-hybridized carbons (Fsp3) is 0.750. The molecule has 0 bridgehead atoms. The molecule has 90 valence electrons. The van der Waals surface area contributed by atoms with Crippen molar-refractivity contribution in [1.29, 1.82) is 0 Å². The van der Waals surface area contributed by atoms with Crippen molar-refractivity contribution in [2.24, 2.45) is 5.92 Å². The summed E-state index contributed by atoms with van der Waals surface area (Å²) in [6, 6.07) is 0. The third kappa shape index (κ3) is 3.03. The first-order chi connectivity index (χ1) is 7.68. The lowest BCUT2D eigenvalue weighted by molar-refractivity contribution is 0.0640. The molecule has 1 aromatic heterocycles. The highest BCUT2D eigenvalue weighted by atomic mass is 32.1. The Kier molecular flexibility index (Phi) is 3.95. The highest BCUT2D eigenvalue weighted by Crippen LogP contribution is 2.23. The zero-order valence-corrected chi connectivity index (χ0v) is 10.8. The van der Waals surface area contributed by atoms with Gasteiger partial charge in [0.1, 0.15) is 5.01 Å². The van der Waals surface area contributed by atoms with Gasteiger partial charge in [0.2, 0.25) is 0 Å². The third-order valence-corrected chi connectivity index (χ3v) is 4.24. The van der Waals surface area contributed by atoms with Gasteiger partial charge in [-0.15, -0.1) is 11.3 Å². The molecule has 2 rings (SSSR count). The number of rotatable bonds is 4. The maximum Gasteiger partial charge on any atom is 0.112 e. The van der Waals surface area contributed by atoms with Crippen LogP contribution in [0.2, 0.25) is 0 Å². The monoisotopic (exact) mass is 240 g/mol. The Morgan fingerprint density at radius 3 is 2.88 bits per heavy atom. The normalized spacial score (nSPS) is 18.9. The van der Waals surface area contributed by atoms with Crippen LogP contribution in [0, 0.1) is 5.92 Å². The van der Waals surface area contributed by atoms with E-state index in [2.05, 4.69) is 24.1 Å². The molecule has 1 aliphatic rings. The molecule has 0 atom stereocenters. The van der Waals surface area contributed by atoms with Crippen LogP contribution in [-0.4, -0.2) is 24.7 Å². The second-order valence-electron chi connectivity index (χ2n) is 4.90. The first-order valence-electron chi connectivity index (χ1n) is 5.91. The van der Waals surface area contributed by atoms with Gasteiger partial charge in [0.15, 0.2) is 0 Å². The smallest absolute Gasteiger partial charge is 0.112 e. The van der Waals surface area contributed by atoms with E-state index in [0.29, 0.717) is 0 Å². The van der Waals surface area contributed by atoms with Crippen molar-refractivity contribution in [1.82, 2.24) is 10.3 Å². The van der Waals surface area contributed by atoms with Gasteiger partial charge in [0, 0.05) is 24.8 Å². The SMILES string of the molecule is CC(C)(NCC1CCOCC1)c1nccs1. The van der Waals surface area contributed by atoms with Crippen LogP contribution in [0.3, 0.4) is 0 Å². The van der Waals surface area contributed by atoms with Crippen LogP contribution in [0.4, 0.5) is 0 Å². The Morgan fingerprint density at radius 2 is 2.25 bits per heavy atom. The summed E-state index contributed by atoms with van der Waals surface area (Å²) in [7, 11) is 0. The van der Waals surface area contributed by atoms with Crippen LogP contribution >= 0.6 is 11.3 Å². The highest BCUT2D eigenvalue weighted by Gasteiger charge is 2.24. The van der Waals surface area contributed by atoms with E-state index in [1.54, 1.807) is 11.3 Å². The van der Waals surface area contributed by atoms with E-state index < -0.39 is 0 Å². The molecule has 3 nitrogen and oxygen atoms in total. The lowest BCUT2D eigenvalue weighted by Crippen LogP contribution is -2.40. The molecule has 1 aliphatic heterocycles. The van der Waals surface area contributed by atoms with Crippen LogP contribution in [-0.2, 0) is 10.3 Å². The van der Waals surface area contributed by atoms with Crippen LogP contribution in [0.15, 0.2) is 11.6 Å². The maximum atomic E-state index is 5.37. The van der Waals surface area contributed by atoms with Gasteiger partial charge in [-0.3, -0.25) is 0 Å². The fourth-order valence-corrected chi connectivity index (χ4v) is 2.70. The molecular formula is C12H20N2OS. The minimum atomic E-state index is -0.00747. The van der Waals surface area contributed by atoms with Crippen LogP contribution < -0.4 is 5.32 Å². The Balaban J connectivity index is 1.84. The number of thiazole rings is 1. The minimum absolute atomic E-state index is 0.00747. The molecule has 1 aromatic rings. The lowest BCUT2D eigenvalue weighted by atomic mass is 9.98. The predicted octanol–water partition coefficient (Wildman–Crippen LogP) is 2.39. The second-order valence-corrected chi connectivity index (χ2v) is 5.79. The molecule has 0 aliphatic carbocycles. The average molecular weight is 240 g/mol. The first-order valence-corrected chi connectivity index (χ1v) is 6.79.